The van der Waals surface area contributed by atoms with Crippen molar-refractivity contribution in [2.45, 2.75) is 25.6 Å². The lowest BCUT2D eigenvalue weighted by atomic mass is 9.91. The third kappa shape index (κ3) is 3.77. The number of esters is 2. The number of carbonyl (C=O) groups excluding carboxylic acids is 3. The van der Waals surface area contributed by atoms with Gasteiger partial charge in [-0.05, 0) is 0 Å². The van der Waals surface area contributed by atoms with E-state index in [0.29, 0.717) is 0 Å². The molecule has 0 atom stereocenters. The van der Waals surface area contributed by atoms with Gasteiger partial charge in [0.1, 0.15) is 6.26 Å². The smallest absolute Gasteiger partial charge is 0.343 e. The van der Waals surface area contributed by atoms with Crippen LogP contribution in [0.5, 0.6) is 0 Å². The molecule has 1 amide bonds. The molecule has 0 aliphatic carbocycles. The van der Waals surface area contributed by atoms with Crippen molar-refractivity contribution in [3.8, 4) is 0 Å². The first kappa shape index (κ1) is 18.4. The lowest BCUT2D eigenvalue weighted by Gasteiger charge is -2.27. The van der Waals surface area contributed by atoms with Crippen molar-refractivity contribution in [3.63, 3.8) is 0 Å². The highest BCUT2D eigenvalue weighted by molar-refractivity contribution is 6.07. The molecule has 0 spiro atoms. The molecule has 128 valence electrons. The van der Waals surface area contributed by atoms with Crippen molar-refractivity contribution < 1.29 is 33.1 Å². The molecule has 0 saturated heterocycles. The molecule has 1 aromatic heterocycles. The van der Waals surface area contributed by atoms with Gasteiger partial charge in [-0.2, -0.15) is 0 Å². The molecule has 0 aromatic carbocycles. The average Bonchev–Trinajstić information content (AvgIpc) is 2.85. The number of nitrogens with zero attached hydrogens (tertiary/aromatic N) is 1. The normalized spacial score (nSPS) is 11.0. The van der Waals surface area contributed by atoms with E-state index in [2.05, 4.69) is 14.8 Å². The van der Waals surface area contributed by atoms with E-state index >= 15 is 0 Å². The van der Waals surface area contributed by atoms with E-state index < -0.39 is 35.4 Å². The predicted octanol–water partition coefficient (Wildman–Crippen LogP) is -1.19. The highest BCUT2D eigenvalue weighted by Crippen LogP contribution is 2.17. The molecule has 0 bridgehead atoms. The largest absolute Gasteiger partial charge is 0.467 e. The zero-order valence-electron chi connectivity index (χ0n) is 13.2. The molecule has 1 rings (SSSR count). The molecule has 0 aliphatic heterocycles. The first-order valence-corrected chi connectivity index (χ1v) is 6.44. The summed E-state index contributed by atoms with van der Waals surface area (Å²) in [5.74, 6) is -2.82. The van der Waals surface area contributed by atoms with E-state index in [0.717, 1.165) is 32.1 Å². The Morgan fingerprint density at radius 2 is 1.78 bits per heavy atom. The molecule has 0 aliphatic rings. The Hall–Kier alpha value is -2.62. The maximum Gasteiger partial charge on any atom is 0.343 e. The zero-order valence-corrected chi connectivity index (χ0v) is 13.2. The first-order valence-electron chi connectivity index (χ1n) is 6.44. The summed E-state index contributed by atoms with van der Waals surface area (Å²) in [7, 11) is 3.44. The van der Waals surface area contributed by atoms with E-state index in [4.69, 9.17) is 9.26 Å². The summed E-state index contributed by atoms with van der Waals surface area (Å²) in [6.45, 7) is 0.960. The number of aromatic nitrogens is 1. The van der Waals surface area contributed by atoms with Gasteiger partial charge in [-0.3, -0.25) is 9.59 Å². The third-order valence-corrected chi connectivity index (χ3v) is 2.98. The van der Waals surface area contributed by atoms with Gasteiger partial charge >= 0.3 is 11.9 Å². The standard InChI is InChI=1S/C13H18N2O8/c1-8(16)14-13(11(18)21-3,12(19)22-4)5-9-6-23-15(7-20-2)10(9)17/h6H,5,7H2,1-4H3,(H,14,16). The second-order valence-electron chi connectivity index (χ2n) is 4.60. The Kier molecular flexibility index (Phi) is 6.08. The Bertz CT molecular complexity index is 629. The summed E-state index contributed by atoms with van der Waals surface area (Å²) in [5.41, 5.74) is -2.84. The summed E-state index contributed by atoms with van der Waals surface area (Å²) in [5, 5.41) is 2.20. The maximum atomic E-state index is 12.1. The molecule has 0 unspecified atom stereocenters. The van der Waals surface area contributed by atoms with Gasteiger partial charge in [0.2, 0.25) is 11.4 Å². The van der Waals surface area contributed by atoms with Gasteiger partial charge in [0, 0.05) is 20.5 Å². The van der Waals surface area contributed by atoms with Crippen molar-refractivity contribution in [1.29, 1.82) is 0 Å². The summed E-state index contributed by atoms with van der Waals surface area (Å²) in [6.07, 6.45) is 0.564. The monoisotopic (exact) mass is 330 g/mol. The second-order valence-corrected chi connectivity index (χ2v) is 4.60. The van der Waals surface area contributed by atoms with Gasteiger partial charge in [0.15, 0.2) is 6.73 Å². The Morgan fingerprint density at radius 1 is 1.22 bits per heavy atom. The predicted molar refractivity (Wildman–Crippen MR) is 74.3 cm³/mol. The van der Waals surface area contributed by atoms with E-state index in [1.807, 2.05) is 0 Å². The van der Waals surface area contributed by atoms with Gasteiger partial charge in [0.25, 0.3) is 5.56 Å². The van der Waals surface area contributed by atoms with Crippen LogP contribution in [-0.2, 0) is 41.7 Å². The molecule has 1 heterocycles. The quantitative estimate of drug-likeness (QED) is 0.488. The summed E-state index contributed by atoms with van der Waals surface area (Å²) < 4.78 is 19.8. The molecule has 10 nitrogen and oxygen atoms in total. The van der Waals surface area contributed by atoms with Crippen LogP contribution in [0.2, 0.25) is 0 Å². The van der Waals surface area contributed by atoms with Crippen LogP contribution in [0.1, 0.15) is 12.5 Å². The van der Waals surface area contributed by atoms with Crippen LogP contribution in [0, 0.1) is 0 Å². The summed E-state index contributed by atoms with van der Waals surface area (Å²) >= 11 is 0. The van der Waals surface area contributed by atoms with Gasteiger partial charge < -0.3 is 24.1 Å². The number of hydrogen-bond acceptors (Lipinski definition) is 8. The van der Waals surface area contributed by atoms with Gasteiger partial charge in [0.05, 0.1) is 19.8 Å². The number of rotatable bonds is 7. The van der Waals surface area contributed by atoms with Crippen molar-refractivity contribution in [3.05, 3.63) is 22.2 Å². The molecule has 0 fully saturated rings. The van der Waals surface area contributed by atoms with E-state index in [-0.39, 0.29) is 12.3 Å². The Labute approximate surface area is 131 Å². The van der Waals surface area contributed by atoms with Crippen LogP contribution in [0.25, 0.3) is 0 Å². The number of ether oxygens (including phenoxy) is 3. The minimum absolute atomic E-state index is 0.0356. The minimum Gasteiger partial charge on any atom is -0.467 e. The highest BCUT2D eigenvalue weighted by atomic mass is 16.6. The minimum atomic E-state index is -2.19. The molecule has 1 N–H and O–H groups in total. The average molecular weight is 330 g/mol. The number of carbonyl (C=O) groups is 3. The van der Waals surface area contributed by atoms with E-state index in [1.165, 1.54) is 7.11 Å². The molecular weight excluding hydrogens is 312 g/mol. The fraction of sp³-hybridized carbons (Fsp3) is 0.538. The van der Waals surface area contributed by atoms with Crippen LogP contribution in [0.3, 0.4) is 0 Å². The van der Waals surface area contributed by atoms with Crippen LogP contribution in [-0.4, -0.2) is 49.5 Å². The van der Waals surface area contributed by atoms with Gasteiger partial charge in [-0.25, -0.2) is 9.59 Å². The summed E-state index contributed by atoms with van der Waals surface area (Å²) in [6, 6.07) is 0. The number of methoxy groups -OCH3 is 3. The lowest BCUT2D eigenvalue weighted by Crippen LogP contribution is -2.62. The molecule has 1 aromatic rings. The number of nitrogens with one attached hydrogen (secondary N) is 1. The topological polar surface area (TPSA) is 126 Å². The fourth-order valence-electron chi connectivity index (χ4n) is 2.02. The van der Waals surface area contributed by atoms with Crippen LogP contribution in [0.4, 0.5) is 0 Å². The molecule has 0 radical (unpaired) electrons. The summed E-state index contributed by atoms with van der Waals surface area (Å²) in [4.78, 5) is 47.8. The van der Waals surface area contributed by atoms with Crippen LogP contribution < -0.4 is 10.9 Å². The Morgan fingerprint density at radius 3 is 2.22 bits per heavy atom. The maximum absolute atomic E-state index is 12.1. The molecule has 0 saturated carbocycles. The second kappa shape index (κ2) is 7.58. The lowest BCUT2D eigenvalue weighted by molar-refractivity contribution is -0.165. The van der Waals surface area contributed by atoms with Crippen molar-refractivity contribution in [2.24, 2.45) is 0 Å². The van der Waals surface area contributed by atoms with E-state index in [1.54, 1.807) is 0 Å². The van der Waals surface area contributed by atoms with Crippen LogP contribution >= 0.6 is 0 Å². The molecule has 23 heavy (non-hydrogen) atoms. The number of amides is 1. The van der Waals surface area contributed by atoms with Gasteiger partial charge in [-0.1, -0.05) is 0 Å². The molecular formula is C13H18N2O8. The van der Waals surface area contributed by atoms with Crippen molar-refractivity contribution in [1.82, 2.24) is 10.1 Å². The zero-order chi connectivity index (χ0) is 17.6. The number of hydrogen-bond donors (Lipinski definition) is 1. The highest BCUT2D eigenvalue weighted by Gasteiger charge is 2.50. The van der Waals surface area contributed by atoms with Crippen molar-refractivity contribution >= 4 is 17.8 Å². The fourth-order valence-corrected chi connectivity index (χ4v) is 2.02. The third-order valence-electron chi connectivity index (χ3n) is 2.98. The Balaban J connectivity index is 3.34. The SMILES string of the molecule is COCn1occ(CC(NC(C)=O)(C(=O)OC)C(=O)OC)c1=O. The van der Waals surface area contributed by atoms with Gasteiger partial charge in [-0.15, -0.1) is 4.74 Å². The van der Waals surface area contributed by atoms with E-state index in [9.17, 15) is 19.2 Å². The molecule has 10 heteroatoms. The van der Waals surface area contributed by atoms with Crippen molar-refractivity contribution in [2.75, 3.05) is 21.3 Å². The van der Waals surface area contributed by atoms with Crippen LogP contribution in [0.15, 0.2) is 15.6 Å². The first-order chi connectivity index (χ1) is 10.8.